The molecule has 0 bridgehead atoms. The predicted molar refractivity (Wildman–Crippen MR) is 82.3 cm³/mol. The van der Waals surface area contributed by atoms with E-state index < -0.39 is 0 Å². The van der Waals surface area contributed by atoms with Crippen molar-refractivity contribution >= 4 is 10.8 Å². The summed E-state index contributed by atoms with van der Waals surface area (Å²) in [4.78, 5) is 0. The smallest absolute Gasteiger partial charge is 0.134 e. The van der Waals surface area contributed by atoms with Gasteiger partial charge in [0.25, 0.3) is 0 Å². The van der Waals surface area contributed by atoms with Crippen LogP contribution in [0.5, 0.6) is 5.75 Å². The van der Waals surface area contributed by atoms with E-state index >= 15 is 0 Å². The Labute approximate surface area is 119 Å². The highest BCUT2D eigenvalue weighted by atomic mass is 16.5. The van der Waals surface area contributed by atoms with Crippen molar-refractivity contribution in [3.63, 3.8) is 0 Å². The third-order valence-corrected chi connectivity index (χ3v) is 3.53. The zero-order chi connectivity index (χ0) is 14.1. The molecule has 1 aromatic heterocycles. The Morgan fingerprint density at radius 1 is 0.900 bits per heavy atom. The van der Waals surface area contributed by atoms with Crippen molar-refractivity contribution < 1.29 is 9.15 Å². The molecule has 0 saturated heterocycles. The monoisotopic (exact) mass is 266 g/mol. The van der Waals surface area contributed by atoms with Crippen LogP contribution in [0.25, 0.3) is 22.1 Å². The van der Waals surface area contributed by atoms with Crippen LogP contribution in [-0.4, -0.2) is 7.11 Å². The topological polar surface area (TPSA) is 22.4 Å². The molecule has 20 heavy (non-hydrogen) atoms. The number of methoxy groups -OCH3 is 1. The van der Waals surface area contributed by atoms with Gasteiger partial charge >= 0.3 is 0 Å². The Morgan fingerprint density at radius 3 is 2.35 bits per heavy atom. The van der Waals surface area contributed by atoms with E-state index in [4.69, 9.17) is 9.15 Å². The lowest BCUT2D eigenvalue weighted by atomic mass is 10.1. The molecule has 2 heteroatoms. The highest BCUT2D eigenvalue weighted by Gasteiger charge is 2.08. The Kier molecular flexibility index (Phi) is 3.23. The van der Waals surface area contributed by atoms with Crippen LogP contribution in [0.2, 0.25) is 0 Å². The summed E-state index contributed by atoms with van der Waals surface area (Å²) in [5.74, 6) is 3.24. The SMILES string of the molecule is COc1ccc2cc(-c3ccc(C(C)C)o3)ccc2c1. The van der Waals surface area contributed by atoms with Crippen molar-refractivity contribution in [1.29, 1.82) is 0 Å². The Balaban J connectivity index is 2.03. The van der Waals surface area contributed by atoms with Gasteiger partial charge in [-0.2, -0.15) is 0 Å². The second kappa shape index (κ2) is 5.04. The molecule has 0 saturated carbocycles. The minimum atomic E-state index is 0.411. The molecule has 2 aromatic carbocycles. The van der Waals surface area contributed by atoms with Gasteiger partial charge in [-0.1, -0.05) is 32.0 Å². The molecule has 1 heterocycles. The second-order valence-corrected chi connectivity index (χ2v) is 5.28. The Morgan fingerprint density at radius 2 is 1.65 bits per heavy atom. The first-order valence-electron chi connectivity index (χ1n) is 6.85. The fraction of sp³-hybridized carbons (Fsp3) is 0.222. The molecule has 0 fully saturated rings. The van der Waals surface area contributed by atoms with Crippen molar-refractivity contribution in [3.05, 3.63) is 54.3 Å². The third-order valence-electron chi connectivity index (χ3n) is 3.53. The summed E-state index contributed by atoms with van der Waals surface area (Å²) in [5, 5.41) is 2.36. The number of hydrogen-bond acceptors (Lipinski definition) is 2. The minimum absolute atomic E-state index is 0.411. The summed E-state index contributed by atoms with van der Waals surface area (Å²) in [6.07, 6.45) is 0. The van der Waals surface area contributed by atoms with Crippen molar-refractivity contribution in [2.45, 2.75) is 19.8 Å². The zero-order valence-corrected chi connectivity index (χ0v) is 12.0. The largest absolute Gasteiger partial charge is 0.497 e. The van der Waals surface area contributed by atoms with Crippen LogP contribution in [0.15, 0.2) is 52.9 Å². The molecule has 0 unspecified atom stereocenters. The summed E-state index contributed by atoms with van der Waals surface area (Å²) >= 11 is 0. The molecule has 2 nitrogen and oxygen atoms in total. The summed E-state index contributed by atoms with van der Waals surface area (Å²) < 4.78 is 11.1. The quantitative estimate of drug-likeness (QED) is 0.647. The molecule has 0 N–H and O–H groups in total. The van der Waals surface area contributed by atoms with Gasteiger partial charge < -0.3 is 9.15 Å². The number of furan rings is 1. The van der Waals surface area contributed by atoms with E-state index in [1.54, 1.807) is 7.11 Å². The van der Waals surface area contributed by atoms with Gasteiger partial charge in [0.1, 0.15) is 17.3 Å². The maximum absolute atomic E-state index is 5.90. The minimum Gasteiger partial charge on any atom is -0.497 e. The molecule has 0 amide bonds. The summed E-state index contributed by atoms with van der Waals surface area (Å²) in [7, 11) is 1.69. The molecule has 102 valence electrons. The molecular formula is C18H18O2. The van der Waals surface area contributed by atoms with E-state index in [9.17, 15) is 0 Å². The van der Waals surface area contributed by atoms with Crippen LogP contribution in [0.3, 0.4) is 0 Å². The van der Waals surface area contributed by atoms with Crippen LogP contribution < -0.4 is 4.74 Å². The molecule has 0 radical (unpaired) electrons. The van der Waals surface area contributed by atoms with Gasteiger partial charge in [-0.15, -0.1) is 0 Å². The van der Waals surface area contributed by atoms with Gasteiger partial charge in [0.05, 0.1) is 7.11 Å². The lowest BCUT2D eigenvalue weighted by molar-refractivity contribution is 0.415. The molecular weight excluding hydrogens is 248 g/mol. The molecule has 0 aliphatic rings. The standard InChI is InChI=1S/C18H18O2/c1-12(2)17-8-9-18(20-17)15-5-4-14-11-16(19-3)7-6-13(14)10-15/h4-12H,1-3H3. The lowest BCUT2D eigenvalue weighted by Crippen LogP contribution is -1.83. The van der Waals surface area contributed by atoms with Gasteiger partial charge in [0.15, 0.2) is 0 Å². The van der Waals surface area contributed by atoms with Crippen LogP contribution in [0.1, 0.15) is 25.5 Å². The van der Waals surface area contributed by atoms with Crippen LogP contribution in [0, 0.1) is 0 Å². The summed E-state index contributed by atoms with van der Waals surface area (Å²) in [6.45, 7) is 4.27. The van der Waals surface area contributed by atoms with E-state index in [-0.39, 0.29) is 0 Å². The van der Waals surface area contributed by atoms with Crippen LogP contribution >= 0.6 is 0 Å². The van der Waals surface area contributed by atoms with Crippen molar-refractivity contribution in [3.8, 4) is 17.1 Å². The Bertz CT molecular complexity index is 738. The van der Waals surface area contributed by atoms with Gasteiger partial charge in [-0.05, 0) is 41.1 Å². The molecule has 0 spiro atoms. The Hall–Kier alpha value is -2.22. The van der Waals surface area contributed by atoms with E-state index in [1.807, 2.05) is 18.2 Å². The van der Waals surface area contributed by atoms with Crippen molar-refractivity contribution in [2.24, 2.45) is 0 Å². The zero-order valence-electron chi connectivity index (χ0n) is 12.0. The molecule has 0 aliphatic carbocycles. The fourth-order valence-electron chi connectivity index (χ4n) is 2.32. The number of benzene rings is 2. The fourth-order valence-corrected chi connectivity index (χ4v) is 2.32. The number of hydrogen-bond donors (Lipinski definition) is 0. The number of fused-ring (bicyclic) bond motifs is 1. The van der Waals surface area contributed by atoms with Crippen molar-refractivity contribution in [2.75, 3.05) is 7.11 Å². The van der Waals surface area contributed by atoms with Gasteiger partial charge in [-0.3, -0.25) is 0 Å². The van der Waals surface area contributed by atoms with E-state index in [2.05, 4.69) is 44.2 Å². The van der Waals surface area contributed by atoms with Gasteiger partial charge in [-0.25, -0.2) is 0 Å². The summed E-state index contributed by atoms with van der Waals surface area (Å²) in [5.41, 5.74) is 1.11. The normalized spacial score (nSPS) is 11.2. The first-order valence-corrected chi connectivity index (χ1v) is 6.85. The van der Waals surface area contributed by atoms with Crippen LogP contribution in [0.4, 0.5) is 0 Å². The van der Waals surface area contributed by atoms with Gasteiger partial charge in [0.2, 0.25) is 0 Å². The second-order valence-electron chi connectivity index (χ2n) is 5.28. The number of rotatable bonds is 3. The van der Waals surface area contributed by atoms with Gasteiger partial charge in [0, 0.05) is 11.5 Å². The average molecular weight is 266 g/mol. The van der Waals surface area contributed by atoms with Crippen molar-refractivity contribution in [1.82, 2.24) is 0 Å². The highest BCUT2D eigenvalue weighted by Crippen LogP contribution is 2.29. The average Bonchev–Trinajstić information content (AvgIpc) is 2.96. The molecule has 0 atom stereocenters. The van der Waals surface area contributed by atoms with E-state index in [0.717, 1.165) is 22.8 Å². The molecule has 0 aliphatic heterocycles. The predicted octanol–water partition coefficient (Wildman–Crippen LogP) is 5.23. The van der Waals surface area contributed by atoms with E-state index in [0.29, 0.717) is 5.92 Å². The third kappa shape index (κ3) is 2.29. The molecule has 3 rings (SSSR count). The van der Waals surface area contributed by atoms with E-state index in [1.165, 1.54) is 10.8 Å². The summed E-state index contributed by atoms with van der Waals surface area (Å²) in [6, 6.07) is 16.5. The maximum Gasteiger partial charge on any atom is 0.134 e. The maximum atomic E-state index is 5.90. The van der Waals surface area contributed by atoms with Crippen LogP contribution in [-0.2, 0) is 0 Å². The lowest BCUT2D eigenvalue weighted by Gasteiger charge is -2.05. The first kappa shape index (κ1) is 12.8. The first-order chi connectivity index (χ1) is 9.67. The highest BCUT2D eigenvalue weighted by molar-refractivity contribution is 5.87. The molecule has 3 aromatic rings. The number of ether oxygens (including phenoxy) is 1.